The first-order valence-corrected chi connectivity index (χ1v) is 7.84. The molecular formula is C19H20N2O2. The average molecular weight is 308 g/mol. The molecule has 0 spiro atoms. The molecular weight excluding hydrogens is 288 g/mol. The molecule has 4 nitrogen and oxygen atoms in total. The molecule has 23 heavy (non-hydrogen) atoms. The zero-order valence-corrected chi connectivity index (χ0v) is 13.3. The molecule has 2 aromatic rings. The van der Waals surface area contributed by atoms with Crippen molar-refractivity contribution in [2.24, 2.45) is 0 Å². The van der Waals surface area contributed by atoms with Crippen molar-refractivity contribution < 1.29 is 9.59 Å². The second-order valence-electron chi connectivity index (χ2n) is 6.16. The maximum Gasteiger partial charge on any atom is 0.232 e. The van der Waals surface area contributed by atoms with Crippen molar-refractivity contribution in [2.75, 3.05) is 10.6 Å². The highest BCUT2D eigenvalue weighted by atomic mass is 16.2. The molecule has 2 amide bonds. The van der Waals surface area contributed by atoms with Gasteiger partial charge in [0.15, 0.2) is 0 Å². The van der Waals surface area contributed by atoms with Crippen LogP contribution in [-0.2, 0) is 9.59 Å². The second-order valence-corrected chi connectivity index (χ2v) is 6.16. The van der Waals surface area contributed by atoms with Crippen molar-refractivity contribution in [1.82, 2.24) is 0 Å². The lowest BCUT2D eigenvalue weighted by Crippen LogP contribution is -2.20. The molecule has 1 unspecified atom stereocenters. The minimum atomic E-state index is -0.416. The highest BCUT2D eigenvalue weighted by molar-refractivity contribution is 6.06. The van der Waals surface area contributed by atoms with E-state index in [2.05, 4.69) is 24.5 Å². The van der Waals surface area contributed by atoms with Crippen LogP contribution < -0.4 is 10.6 Å². The lowest BCUT2D eigenvalue weighted by molar-refractivity contribution is -0.122. The number of nitrogens with one attached hydrogen (secondary N) is 2. The van der Waals surface area contributed by atoms with Crippen molar-refractivity contribution >= 4 is 23.2 Å². The Labute approximate surface area is 135 Å². The normalized spacial score (nSPS) is 16.1. The third-order valence-electron chi connectivity index (χ3n) is 4.16. The van der Waals surface area contributed by atoms with Gasteiger partial charge in [0.2, 0.25) is 11.8 Å². The Balaban J connectivity index is 1.67. The third kappa shape index (κ3) is 3.26. The van der Waals surface area contributed by atoms with Gasteiger partial charge < -0.3 is 10.6 Å². The van der Waals surface area contributed by atoms with Crippen molar-refractivity contribution in [3.8, 4) is 0 Å². The smallest absolute Gasteiger partial charge is 0.232 e. The lowest BCUT2D eigenvalue weighted by atomic mass is 9.97. The Bertz CT molecular complexity index is 735. The van der Waals surface area contributed by atoms with Gasteiger partial charge in [-0.2, -0.15) is 0 Å². The van der Waals surface area contributed by atoms with Gasteiger partial charge in [-0.1, -0.05) is 44.2 Å². The molecule has 0 aliphatic carbocycles. The standard InChI is InChI=1S/C19H20N2O2/c1-12(2)13-7-9-14(10-8-13)20-18(22)11-16-15-5-3-4-6-17(15)21-19(16)23/h3-10,12,16H,11H2,1-2H3,(H,20,22)(H,21,23). The van der Waals surface area contributed by atoms with Crippen molar-refractivity contribution in [3.63, 3.8) is 0 Å². The van der Waals surface area contributed by atoms with E-state index in [-0.39, 0.29) is 18.2 Å². The summed E-state index contributed by atoms with van der Waals surface area (Å²) in [5.74, 6) is -0.227. The van der Waals surface area contributed by atoms with E-state index in [4.69, 9.17) is 0 Å². The number of hydrogen-bond acceptors (Lipinski definition) is 2. The minimum Gasteiger partial charge on any atom is -0.326 e. The Morgan fingerprint density at radius 2 is 1.83 bits per heavy atom. The van der Waals surface area contributed by atoms with E-state index < -0.39 is 5.92 Å². The number of anilines is 2. The predicted octanol–water partition coefficient (Wildman–Crippen LogP) is 3.87. The van der Waals surface area contributed by atoms with E-state index in [0.717, 1.165) is 16.9 Å². The number of para-hydroxylation sites is 1. The highest BCUT2D eigenvalue weighted by Gasteiger charge is 2.31. The molecule has 0 fully saturated rings. The van der Waals surface area contributed by atoms with Gasteiger partial charge in [0.1, 0.15) is 0 Å². The molecule has 118 valence electrons. The number of hydrogen-bond donors (Lipinski definition) is 2. The van der Waals surface area contributed by atoms with Crippen LogP contribution in [0.1, 0.15) is 43.2 Å². The van der Waals surface area contributed by atoms with Crippen LogP contribution in [0.2, 0.25) is 0 Å². The Morgan fingerprint density at radius 1 is 1.13 bits per heavy atom. The van der Waals surface area contributed by atoms with Crippen LogP contribution in [-0.4, -0.2) is 11.8 Å². The monoisotopic (exact) mass is 308 g/mol. The first kappa shape index (κ1) is 15.3. The maximum absolute atomic E-state index is 12.3. The first-order valence-electron chi connectivity index (χ1n) is 7.84. The number of amides is 2. The first-order chi connectivity index (χ1) is 11.0. The molecule has 0 saturated heterocycles. The van der Waals surface area contributed by atoms with Gasteiger partial charge in [-0.15, -0.1) is 0 Å². The molecule has 0 aromatic heterocycles. The Morgan fingerprint density at radius 3 is 2.52 bits per heavy atom. The number of carbonyl (C=O) groups excluding carboxylic acids is 2. The van der Waals surface area contributed by atoms with Crippen LogP contribution in [0.5, 0.6) is 0 Å². The molecule has 3 rings (SSSR count). The Hall–Kier alpha value is -2.62. The summed E-state index contributed by atoms with van der Waals surface area (Å²) in [7, 11) is 0. The van der Waals surface area contributed by atoms with Crippen LogP contribution in [0, 0.1) is 0 Å². The van der Waals surface area contributed by atoms with E-state index in [1.54, 1.807) is 0 Å². The fourth-order valence-corrected chi connectivity index (χ4v) is 2.83. The molecule has 1 heterocycles. The molecule has 1 aliphatic rings. The molecule has 4 heteroatoms. The predicted molar refractivity (Wildman–Crippen MR) is 91.6 cm³/mol. The number of carbonyl (C=O) groups is 2. The second kappa shape index (κ2) is 6.24. The fourth-order valence-electron chi connectivity index (χ4n) is 2.83. The van der Waals surface area contributed by atoms with Gasteiger partial charge in [-0.05, 0) is 35.2 Å². The summed E-state index contributed by atoms with van der Waals surface area (Å²) >= 11 is 0. The molecule has 1 atom stereocenters. The van der Waals surface area contributed by atoms with E-state index in [1.807, 2.05) is 48.5 Å². The SMILES string of the molecule is CC(C)c1ccc(NC(=O)CC2C(=O)Nc3ccccc32)cc1. The maximum atomic E-state index is 12.3. The summed E-state index contributed by atoms with van der Waals surface area (Å²) in [5, 5.41) is 5.69. The zero-order chi connectivity index (χ0) is 16.4. The van der Waals surface area contributed by atoms with Crippen LogP contribution in [0.3, 0.4) is 0 Å². The zero-order valence-electron chi connectivity index (χ0n) is 13.3. The highest BCUT2D eigenvalue weighted by Crippen LogP contribution is 2.34. The number of benzene rings is 2. The summed E-state index contributed by atoms with van der Waals surface area (Å²) in [6.45, 7) is 4.26. The van der Waals surface area contributed by atoms with Crippen LogP contribution in [0.4, 0.5) is 11.4 Å². The van der Waals surface area contributed by atoms with Crippen molar-refractivity contribution in [1.29, 1.82) is 0 Å². The summed E-state index contributed by atoms with van der Waals surface area (Å²) < 4.78 is 0. The number of fused-ring (bicyclic) bond motifs is 1. The largest absolute Gasteiger partial charge is 0.326 e. The van der Waals surface area contributed by atoms with Crippen LogP contribution >= 0.6 is 0 Å². The fraction of sp³-hybridized carbons (Fsp3) is 0.263. The third-order valence-corrected chi connectivity index (χ3v) is 4.16. The minimum absolute atomic E-state index is 0.114. The number of rotatable bonds is 4. The lowest BCUT2D eigenvalue weighted by Gasteiger charge is -2.11. The average Bonchev–Trinajstić information content (AvgIpc) is 2.84. The van der Waals surface area contributed by atoms with Crippen molar-refractivity contribution in [2.45, 2.75) is 32.1 Å². The summed E-state index contributed by atoms with van der Waals surface area (Å²) in [5.41, 5.74) is 3.68. The Kier molecular flexibility index (Phi) is 4.15. The van der Waals surface area contributed by atoms with Gasteiger partial charge in [0.25, 0.3) is 0 Å². The van der Waals surface area contributed by atoms with Crippen molar-refractivity contribution in [3.05, 3.63) is 59.7 Å². The van der Waals surface area contributed by atoms with Gasteiger partial charge in [0.05, 0.1) is 5.92 Å². The summed E-state index contributed by atoms with van der Waals surface area (Å²) in [6, 6.07) is 15.3. The summed E-state index contributed by atoms with van der Waals surface area (Å²) in [4.78, 5) is 24.3. The molecule has 0 bridgehead atoms. The van der Waals surface area contributed by atoms with Gasteiger partial charge in [-0.3, -0.25) is 9.59 Å². The topological polar surface area (TPSA) is 58.2 Å². The van der Waals surface area contributed by atoms with Crippen LogP contribution in [0.25, 0.3) is 0 Å². The van der Waals surface area contributed by atoms with E-state index >= 15 is 0 Å². The van der Waals surface area contributed by atoms with Gasteiger partial charge in [-0.25, -0.2) is 0 Å². The molecule has 0 radical (unpaired) electrons. The molecule has 2 N–H and O–H groups in total. The van der Waals surface area contributed by atoms with E-state index in [0.29, 0.717) is 5.92 Å². The molecule has 1 aliphatic heterocycles. The van der Waals surface area contributed by atoms with Crippen LogP contribution in [0.15, 0.2) is 48.5 Å². The van der Waals surface area contributed by atoms with Gasteiger partial charge >= 0.3 is 0 Å². The van der Waals surface area contributed by atoms with Gasteiger partial charge in [0, 0.05) is 17.8 Å². The van der Waals surface area contributed by atoms with E-state index in [9.17, 15) is 9.59 Å². The quantitative estimate of drug-likeness (QED) is 0.900. The molecule has 2 aromatic carbocycles. The molecule has 0 saturated carbocycles. The summed E-state index contributed by atoms with van der Waals surface area (Å²) in [6.07, 6.45) is 0.148. The van der Waals surface area contributed by atoms with E-state index in [1.165, 1.54) is 5.56 Å².